The lowest BCUT2D eigenvalue weighted by atomic mass is 9.85. The Hall–Kier alpha value is -0.350. The first-order chi connectivity index (χ1) is 7.96. The van der Waals surface area contributed by atoms with E-state index in [1.165, 1.54) is 4.88 Å². The zero-order valence-corrected chi connectivity index (χ0v) is 12.7. The molecule has 0 atom stereocenters. The number of carbonyl (C=O) groups excluding carboxylic acids is 1. The summed E-state index contributed by atoms with van der Waals surface area (Å²) in [6, 6.07) is 4.14. The van der Waals surface area contributed by atoms with Gasteiger partial charge in [0.2, 0.25) is 5.91 Å². The smallest absolute Gasteiger partial charge is 0.222 e. The van der Waals surface area contributed by atoms with Crippen LogP contribution in [0.25, 0.3) is 0 Å². The first kappa shape index (κ1) is 13.1. The summed E-state index contributed by atoms with van der Waals surface area (Å²) in [4.78, 5) is 15.3. The maximum Gasteiger partial charge on any atom is 0.222 e. The number of halogens is 1. The average molecular weight is 316 g/mol. The fraction of sp³-hybridized carbons (Fsp3) is 0.615. The molecule has 0 spiro atoms. The summed E-state index contributed by atoms with van der Waals surface area (Å²) in [5.74, 6) is 0.306. The minimum Gasteiger partial charge on any atom is -0.338 e. The van der Waals surface area contributed by atoms with E-state index >= 15 is 0 Å². The van der Waals surface area contributed by atoms with Crippen LogP contribution < -0.4 is 0 Å². The van der Waals surface area contributed by atoms with Gasteiger partial charge in [0.25, 0.3) is 0 Å². The monoisotopic (exact) mass is 315 g/mol. The van der Waals surface area contributed by atoms with E-state index in [1.807, 2.05) is 11.0 Å². The van der Waals surface area contributed by atoms with E-state index < -0.39 is 0 Å². The number of thiophene rings is 1. The second kappa shape index (κ2) is 5.11. The van der Waals surface area contributed by atoms with Gasteiger partial charge in [0.1, 0.15) is 0 Å². The fourth-order valence-electron chi connectivity index (χ4n) is 2.08. The van der Waals surface area contributed by atoms with Gasteiger partial charge in [-0.05, 0) is 46.3 Å². The summed E-state index contributed by atoms with van der Waals surface area (Å²) in [5, 5.41) is 0. The SMILES string of the molecule is CC1(C)CCC(=O)N(Cc2ccc(Br)s2)CC1. The zero-order chi connectivity index (χ0) is 12.5. The van der Waals surface area contributed by atoms with E-state index in [4.69, 9.17) is 0 Å². The Kier molecular flexibility index (Phi) is 3.93. The number of carbonyl (C=O) groups is 1. The molecule has 1 aromatic rings. The maximum absolute atomic E-state index is 12.0. The third-order valence-electron chi connectivity index (χ3n) is 3.40. The predicted octanol–water partition coefficient (Wildman–Crippen LogP) is 4.05. The summed E-state index contributed by atoms with van der Waals surface area (Å²) in [6.45, 7) is 6.17. The van der Waals surface area contributed by atoms with Gasteiger partial charge in [-0.15, -0.1) is 11.3 Å². The van der Waals surface area contributed by atoms with Crippen molar-refractivity contribution in [2.24, 2.45) is 5.41 Å². The molecule has 1 fully saturated rings. The Labute approximate surface area is 115 Å². The van der Waals surface area contributed by atoms with Gasteiger partial charge in [0.05, 0.1) is 10.3 Å². The van der Waals surface area contributed by atoms with Crippen LogP contribution in [0.5, 0.6) is 0 Å². The largest absolute Gasteiger partial charge is 0.338 e. The Morgan fingerprint density at radius 2 is 2.18 bits per heavy atom. The molecule has 0 saturated carbocycles. The quantitative estimate of drug-likeness (QED) is 0.806. The number of likely N-dealkylation sites (tertiary alicyclic amines) is 1. The Morgan fingerprint density at radius 3 is 2.82 bits per heavy atom. The van der Waals surface area contributed by atoms with Crippen LogP contribution in [0.4, 0.5) is 0 Å². The number of amides is 1. The van der Waals surface area contributed by atoms with Crippen molar-refractivity contribution in [1.29, 1.82) is 0 Å². The van der Waals surface area contributed by atoms with Gasteiger partial charge in [-0.1, -0.05) is 13.8 Å². The molecule has 2 heterocycles. The van der Waals surface area contributed by atoms with Gasteiger partial charge in [0.15, 0.2) is 0 Å². The standard InChI is InChI=1S/C13H18BrNOS/c1-13(2)6-5-12(16)15(8-7-13)9-10-3-4-11(14)17-10/h3-4H,5-9H2,1-2H3. The lowest BCUT2D eigenvalue weighted by Crippen LogP contribution is -2.29. The zero-order valence-electron chi connectivity index (χ0n) is 10.3. The van der Waals surface area contributed by atoms with Crippen LogP contribution in [-0.4, -0.2) is 17.4 Å². The van der Waals surface area contributed by atoms with E-state index in [0.29, 0.717) is 17.7 Å². The van der Waals surface area contributed by atoms with Crippen molar-refractivity contribution < 1.29 is 4.79 Å². The molecule has 0 bridgehead atoms. The second-order valence-electron chi connectivity index (χ2n) is 5.44. The summed E-state index contributed by atoms with van der Waals surface area (Å²) >= 11 is 5.17. The van der Waals surface area contributed by atoms with Gasteiger partial charge in [0, 0.05) is 17.8 Å². The molecule has 2 rings (SSSR count). The molecule has 94 valence electrons. The molecule has 0 unspecified atom stereocenters. The summed E-state index contributed by atoms with van der Waals surface area (Å²) in [7, 11) is 0. The Balaban J connectivity index is 2.03. The Morgan fingerprint density at radius 1 is 1.41 bits per heavy atom. The molecule has 1 aliphatic heterocycles. The van der Waals surface area contributed by atoms with E-state index in [-0.39, 0.29) is 0 Å². The second-order valence-corrected chi connectivity index (χ2v) is 7.98. The van der Waals surface area contributed by atoms with E-state index in [2.05, 4.69) is 35.8 Å². The van der Waals surface area contributed by atoms with Crippen molar-refractivity contribution in [2.45, 2.75) is 39.7 Å². The number of rotatable bonds is 2. The number of nitrogens with zero attached hydrogens (tertiary/aromatic N) is 1. The molecule has 1 amide bonds. The third kappa shape index (κ3) is 3.55. The first-order valence-electron chi connectivity index (χ1n) is 5.98. The minimum atomic E-state index is 0.306. The fourth-order valence-corrected chi connectivity index (χ4v) is 3.58. The van der Waals surface area contributed by atoms with Crippen molar-refractivity contribution in [3.8, 4) is 0 Å². The molecule has 17 heavy (non-hydrogen) atoms. The topological polar surface area (TPSA) is 20.3 Å². The Bertz CT molecular complexity index is 413. The van der Waals surface area contributed by atoms with E-state index in [1.54, 1.807) is 11.3 Å². The molecule has 0 N–H and O–H groups in total. The highest BCUT2D eigenvalue weighted by atomic mass is 79.9. The van der Waals surface area contributed by atoms with Crippen LogP contribution in [0.3, 0.4) is 0 Å². The molecule has 1 saturated heterocycles. The van der Waals surface area contributed by atoms with Gasteiger partial charge < -0.3 is 4.90 Å². The van der Waals surface area contributed by atoms with Crippen LogP contribution in [0.2, 0.25) is 0 Å². The number of hydrogen-bond donors (Lipinski definition) is 0. The van der Waals surface area contributed by atoms with Crippen molar-refractivity contribution in [1.82, 2.24) is 4.90 Å². The molecular weight excluding hydrogens is 298 g/mol. The van der Waals surface area contributed by atoms with Crippen LogP contribution in [0.1, 0.15) is 38.0 Å². The van der Waals surface area contributed by atoms with Crippen LogP contribution in [0, 0.1) is 5.41 Å². The van der Waals surface area contributed by atoms with Gasteiger partial charge in [-0.2, -0.15) is 0 Å². The molecule has 4 heteroatoms. The summed E-state index contributed by atoms with van der Waals surface area (Å²) in [6.07, 6.45) is 2.81. The molecule has 2 nitrogen and oxygen atoms in total. The van der Waals surface area contributed by atoms with Gasteiger partial charge >= 0.3 is 0 Å². The van der Waals surface area contributed by atoms with Crippen molar-refractivity contribution in [3.05, 3.63) is 20.8 Å². The normalized spacial score (nSPS) is 20.4. The molecule has 0 aromatic carbocycles. The highest BCUT2D eigenvalue weighted by Crippen LogP contribution is 2.31. The van der Waals surface area contributed by atoms with Gasteiger partial charge in [-0.3, -0.25) is 4.79 Å². The molecule has 1 aliphatic rings. The summed E-state index contributed by atoms with van der Waals surface area (Å²) in [5.41, 5.74) is 0.306. The maximum atomic E-state index is 12.0. The van der Waals surface area contributed by atoms with Crippen LogP contribution in [0.15, 0.2) is 15.9 Å². The first-order valence-corrected chi connectivity index (χ1v) is 7.59. The predicted molar refractivity (Wildman–Crippen MR) is 75.1 cm³/mol. The number of hydrogen-bond acceptors (Lipinski definition) is 2. The molecule has 0 aliphatic carbocycles. The minimum absolute atomic E-state index is 0.306. The lowest BCUT2D eigenvalue weighted by molar-refractivity contribution is -0.131. The molecule has 0 radical (unpaired) electrons. The lowest BCUT2D eigenvalue weighted by Gasteiger charge is -2.23. The molecule has 1 aromatic heterocycles. The van der Waals surface area contributed by atoms with Gasteiger partial charge in [-0.25, -0.2) is 0 Å². The summed E-state index contributed by atoms with van der Waals surface area (Å²) < 4.78 is 1.13. The molecular formula is C13H18BrNOS. The third-order valence-corrected chi connectivity index (χ3v) is 5.01. The van der Waals surface area contributed by atoms with E-state index in [9.17, 15) is 4.79 Å². The van der Waals surface area contributed by atoms with Crippen LogP contribution >= 0.6 is 27.3 Å². The van der Waals surface area contributed by atoms with Crippen molar-refractivity contribution in [2.75, 3.05) is 6.54 Å². The van der Waals surface area contributed by atoms with Crippen LogP contribution in [-0.2, 0) is 11.3 Å². The van der Waals surface area contributed by atoms with E-state index in [0.717, 1.165) is 29.7 Å². The highest BCUT2D eigenvalue weighted by Gasteiger charge is 2.27. The average Bonchev–Trinajstić information content (AvgIpc) is 2.61. The highest BCUT2D eigenvalue weighted by molar-refractivity contribution is 9.11. The van der Waals surface area contributed by atoms with Crippen molar-refractivity contribution in [3.63, 3.8) is 0 Å². The van der Waals surface area contributed by atoms with Crippen molar-refractivity contribution >= 4 is 33.2 Å².